The molecule has 1 aromatic carbocycles. The van der Waals surface area contributed by atoms with Crippen molar-refractivity contribution >= 4 is 17.3 Å². The van der Waals surface area contributed by atoms with E-state index < -0.39 is 0 Å². The molecule has 1 aromatic heterocycles. The fraction of sp³-hybridized carbons (Fsp3) is 0.294. The van der Waals surface area contributed by atoms with Gasteiger partial charge >= 0.3 is 0 Å². The van der Waals surface area contributed by atoms with Gasteiger partial charge in [0.2, 0.25) is 6.79 Å². The van der Waals surface area contributed by atoms with Gasteiger partial charge in [0.05, 0.1) is 11.9 Å². The second-order valence-electron chi connectivity index (χ2n) is 5.68. The first kappa shape index (κ1) is 16.1. The van der Waals surface area contributed by atoms with Crippen molar-refractivity contribution in [1.82, 2.24) is 9.88 Å². The number of nitrogens with one attached hydrogen (secondary N) is 2. The van der Waals surface area contributed by atoms with Crippen LogP contribution >= 0.6 is 0 Å². The van der Waals surface area contributed by atoms with Crippen molar-refractivity contribution in [3.63, 3.8) is 0 Å². The van der Waals surface area contributed by atoms with Gasteiger partial charge in [0.15, 0.2) is 11.5 Å². The Bertz CT molecular complexity index is 716. The summed E-state index contributed by atoms with van der Waals surface area (Å²) in [6.07, 6.45) is 1.66. The minimum atomic E-state index is -0.270. The van der Waals surface area contributed by atoms with Crippen molar-refractivity contribution in [2.24, 2.45) is 0 Å². The average molecular weight is 328 g/mol. The molecule has 0 saturated heterocycles. The number of amides is 1. The Morgan fingerprint density at radius 2 is 1.96 bits per heavy atom. The summed E-state index contributed by atoms with van der Waals surface area (Å²) < 4.78 is 10.5. The molecule has 0 unspecified atom stereocenters. The standard InChI is InChI=1S/C17H20N4O3/c1-21(2)8-7-18-13-3-5-14(19-10-13)17(22)20-12-4-6-15-16(9-12)24-11-23-15/h3-6,9-10,18H,7-8,11H2,1-2H3,(H,20,22). The predicted molar refractivity (Wildman–Crippen MR) is 91.8 cm³/mol. The molecule has 0 saturated carbocycles. The molecular weight excluding hydrogens is 308 g/mol. The van der Waals surface area contributed by atoms with Crippen molar-refractivity contribution < 1.29 is 14.3 Å². The van der Waals surface area contributed by atoms with Crippen molar-refractivity contribution in [3.05, 3.63) is 42.2 Å². The molecule has 0 bridgehead atoms. The first-order valence-corrected chi connectivity index (χ1v) is 7.67. The summed E-state index contributed by atoms with van der Waals surface area (Å²) in [5.74, 6) is 1.04. The number of ether oxygens (including phenoxy) is 2. The van der Waals surface area contributed by atoms with E-state index >= 15 is 0 Å². The molecule has 1 aliphatic rings. The molecule has 0 radical (unpaired) electrons. The van der Waals surface area contributed by atoms with E-state index in [4.69, 9.17) is 9.47 Å². The van der Waals surface area contributed by atoms with E-state index in [2.05, 4.69) is 20.5 Å². The number of hydrogen-bond donors (Lipinski definition) is 2. The predicted octanol–water partition coefficient (Wildman–Crippen LogP) is 2.04. The van der Waals surface area contributed by atoms with Crippen LogP contribution < -0.4 is 20.1 Å². The Morgan fingerprint density at radius 3 is 2.71 bits per heavy atom. The third-order valence-corrected chi connectivity index (χ3v) is 3.51. The zero-order valence-corrected chi connectivity index (χ0v) is 13.7. The summed E-state index contributed by atoms with van der Waals surface area (Å²) in [6.45, 7) is 1.94. The van der Waals surface area contributed by atoms with Crippen LogP contribution in [0.3, 0.4) is 0 Å². The van der Waals surface area contributed by atoms with Gasteiger partial charge in [-0.05, 0) is 38.4 Å². The Morgan fingerprint density at radius 1 is 1.17 bits per heavy atom. The van der Waals surface area contributed by atoms with Crippen molar-refractivity contribution in [2.45, 2.75) is 0 Å². The number of fused-ring (bicyclic) bond motifs is 1. The number of nitrogens with zero attached hydrogens (tertiary/aromatic N) is 2. The normalized spacial score (nSPS) is 12.3. The summed E-state index contributed by atoms with van der Waals surface area (Å²) in [4.78, 5) is 18.5. The van der Waals surface area contributed by atoms with Gasteiger partial charge in [-0.15, -0.1) is 0 Å². The van der Waals surface area contributed by atoms with Gasteiger partial charge in [0.1, 0.15) is 5.69 Å². The molecule has 0 fully saturated rings. The molecule has 2 heterocycles. The van der Waals surface area contributed by atoms with E-state index in [1.54, 1.807) is 30.5 Å². The van der Waals surface area contributed by atoms with E-state index in [0.717, 1.165) is 18.8 Å². The molecule has 0 atom stereocenters. The second-order valence-corrected chi connectivity index (χ2v) is 5.68. The van der Waals surface area contributed by atoms with Crippen LogP contribution in [0.15, 0.2) is 36.5 Å². The fourth-order valence-electron chi connectivity index (χ4n) is 2.23. The maximum atomic E-state index is 12.3. The molecule has 0 aliphatic carbocycles. The third-order valence-electron chi connectivity index (χ3n) is 3.51. The summed E-state index contributed by atoms with van der Waals surface area (Å²) >= 11 is 0. The molecule has 24 heavy (non-hydrogen) atoms. The van der Waals surface area contributed by atoms with Crippen LogP contribution in [0, 0.1) is 0 Å². The van der Waals surface area contributed by atoms with Gasteiger partial charge in [-0.25, -0.2) is 4.98 Å². The lowest BCUT2D eigenvalue weighted by Gasteiger charge is -2.11. The number of benzene rings is 1. The number of aromatic nitrogens is 1. The molecule has 3 rings (SSSR count). The number of pyridine rings is 1. The monoisotopic (exact) mass is 328 g/mol. The van der Waals surface area contributed by atoms with Crippen molar-refractivity contribution in [2.75, 3.05) is 44.6 Å². The van der Waals surface area contributed by atoms with Gasteiger partial charge in [-0.3, -0.25) is 4.79 Å². The van der Waals surface area contributed by atoms with Crippen LogP contribution in [0.25, 0.3) is 0 Å². The van der Waals surface area contributed by atoms with Gasteiger partial charge < -0.3 is 25.0 Å². The highest BCUT2D eigenvalue weighted by atomic mass is 16.7. The lowest BCUT2D eigenvalue weighted by Crippen LogP contribution is -2.21. The van der Waals surface area contributed by atoms with Gasteiger partial charge in [0, 0.05) is 24.8 Å². The lowest BCUT2D eigenvalue weighted by molar-refractivity contribution is 0.102. The Labute approximate surface area is 140 Å². The van der Waals surface area contributed by atoms with Crippen LogP contribution in [-0.4, -0.2) is 49.8 Å². The molecule has 0 spiro atoms. The Hall–Kier alpha value is -2.80. The van der Waals surface area contributed by atoms with Gasteiger partial charge in [-0.2, -0.15) is 0 Å². The maximum absolute atomic E-state index is 12.3. The largest absolute Gasteiger partial charge is 0.454 e. The zero-order valence-electron chi connectivity index (χ0n) is 13.7. The SMILES string of the molecule is CN(C)CCNc1ccc(C(=O)Nc2ccc3c(c2)OCO3)nc1. The Balaban J connectivity index is 1.59. The van der Waals surface area contributed by atoms with Crippen molar-refractivity contribution in [3.8, 4) is 11.5 Å². The van der Waals surface area contributed by atoms with E-state index in [1.165, 1.54) is 0 Å². The molecule has 126 valence electrons. The quantitative estimate of drug-likeness (QED) is 0.845. The van der Waals surface area contributed by atoms with Crippen molar-refractivity contribution in [1.29, 1.82) is 0 Å². The zero-order chi connectivity index (χ0) is 16.9. The number of likely N-dealkylation sites (N-methyl/N-ethyl adjacent to an activating group) is 1. The summed E-state index contributed by atoms with van der Waals surface area (Å²) in [6, 6.07) is 8.81. The van der Waals surface area contributed by atoms with E-state index in [-0.39, 0.29) is 12.7 Å². The highest BCUT2D eigenvalue weighted by Crippen LogP contribution is 2.34. The van der Waals surface area contributed by atoms with Crippen LogP contribution in [0.1, 0.15) is 10.5 Å². The van der Waals surface area contributed by atoms with Gasteiger partial charge in [-0.1, -0.05) is 0 Å². The number of carbonyl (C=O) groups excluding carboxylic acids is 1. The number of hydrogen-bond acceptors (Lipinski definition) is 6. The molecule has 2 aromatic rings. The smallest absolute Gasteiger partial charge is 0.274 e. The van der Waals surface area contributed by atoms with E-state index in [1.807, 2.05) is 20.2 Å². The average Bonchev–Trinajstić information content (AvgIpc) is 3.03. The highest BCUT2D eigenvalue weighted by Gasteiger charge is 2.15. The number of rotatable bonds is 6. The molecule has 7 heteroatoms. The summed E-state index contributed by atoms with van der Waals surface area (Å²) in [5, 5.41) is 6.06. The molecule has 2 N–H and O–H groups in total. The highest BCUT2D eigenvalue weighted by molar-refractivity contribution is 6.03. The topological polar surface area (TPSA) is 75.7 Å². The minimum Gasteiger partial charge on any atom is -0.454 e. The molecule has 1 amide bonds. The van der Waals surface area contributed by atoms with Gasteiger partial charge in [0.25, 0.3) is 5.91 Å². The third kappa shape index (κ3) is 3.94. The minimum absolute atomic E-state index is 0.205. The number of anilines is 2. The fourth-order valence-corrected chi connectivity index (χ4v) is 2.23. The Kier molecular flexibility index (Phi) is 4.81. The maximum Gasteiger partial charge on any atom is 0.274 e. The van der Waals surface area contributed by atoms with Crippen LogP contribution in [0.4, 0.5) is 11.4 Å². The van der Waals surface area contributed by atoms with Crippen LogP contribution in [-0.2, 0) is 0 Å². The van der Waals surface area contributed by atoms with E-state index in [9.17, 15) is 4.79 Å². The molecule has 7 nitrogen and oxygen atoms in total. The van der Waals surface area contributed by atoms with E-state index in [0.29, 0.717) is 22.9 Å². The first-order chi connectivity index (χ1) is 11.6. The van der Waals surface area contributed by atoms with Crippen LogP contribution in [0.2, 0.25) is 0 Å². The second kappa shape index (κ2) is 7.18. The lowest BCUT2D eigenvalue weighted by atomic mass is 10.2. The molecular formula is C17H20N4O3. The summed E-state index contributed by atoms with van der Waals surface area (Å²) in [5.41, 5.74) is 1.88. The number of carbonyl (C=O) groups is 1. The summed E-state index contributed by atoms with van der Waals surface area (Å²) in [7, 11) is 4.03. The molecule has 1 aliphatic heterocycles. The first-order valence-electron chi connectivity index (χ1n) is 7.67. The van der Waals surface area contributed by atoms with Crippen LogP contribution in [0.5, 0.6) is 11.5 Å².